The van der Waals surface area contributed by atoms with Gasteiger partial charge in [0.1, 0.15) is 0 Å². The van der Waals surface area contributed by atoms with E-state index >= 15 is 0 Å². The van der Waals surface area contributed by atoms with Gasteiger partial charge in [0.2, 0.25) is 0 Å². The van der Waals surface area contributed by atoms with Gasteiger partial charge in [0, 0.05) is 18.7 Å². The Morgan fingerprint density at radius 1 is 1.27 bits per heavy atom. The van der Waals surface area contributed by atoms with Gasteiger partial charge in [0.15, 0.2) is 0 Å². The van der Waals surface area contributed by atoms with Crippen LogP contribution in [0.2, 0.25) is 0 Å². The van der Waals surface area contributed by atoms with E-state index < -0.39 is 0 Å². The van der Waals surface area contributed by atoms with Crippen molar-refractivity contribution in [3.63, 3.8) is 0 Å². The molecule has 0 radical (unpaired) electrons. The van der Waals surface area contributed by atoms with Gasteiger partial charge in [-0.15, -0.1) is 0 Å². The van der Waals surface area contributed by atoms with Crippen molar-refractivity contribution in [1.29, 1.82) is 5.26 Å². The van der Waals surface area contributed by atoms with Crippen LogP contribution in [0.15, 0.2) is 24.3 Å². The Morgan fingerprint density at radius 3 is 2.33 bits per heavy atom. The van der Waals surface area contributed by atoms with Gasteiger partial charge in [0.05, 0.1) is 0 Å². The molecule has 0 spiro atoms. The predicted octanol–water partition coefficient (Wildman–Crippen LogP) is 1.62. The van der Waals surface area contributed by atoms with Crippen LogP contribution in [-0.4, -0.2) is 0 Å². The maximum atomic E-state index is 6.50. The van der Waals surface area contributed by atoms with Crippen LogP contribution in [0.5, 0.6) is 0 Å². The zero-order valence-electron chi connectivity index (χ0n) is 8.82. The molecule has 1 fully saturated rings. The second kappa shape index (κ2) is 4.92. The Kier molecular flexibility index (Phi) is 3.84. The van der Waals surface area contributed by atoms with Crippen LogP contribution >= 0.6 is 0 Å². The standard InChI is InChI=1S/C11H16N2.CHN/c12-8-9-4-1-2-5-10(9)11(13)6-3-7-11;1-2/h1-2,4-5H,3,6-8,12-13H2;1H. The molecule has 0 unspecified atom stereocenters. The van der Waals surface area contributed by atoms with Gasteiger partial charge in [-0.1, -0.05) is 24.3 Å². The van der Waals surface area contributed by atoms with E-state index in [1.54, 1.807) is 0 Å². The second-order valence-corrected chi connectivity index (χ2v) is 3.87. The van der Waals surface area contributed by atoms with E-state index in [2.05, 4.69) is 18.7 Å². The Labute approximate surface area is 90.7 Å². The summed E-state index contributed by atoms with van der Waals surface area (Å²) in [5.74, 6) is 0. The largest absolute Gasteiger partial charge is 0.326 e. The van der Waals surface area contributed by atoms with Gasteiger partial charge in [-0.3, -0.25) is 0 Å². The molecule has 0 aromatic heterocycles. The Bertz CT molecular complexity index is 340. The van der Waals surface area contributed by atoms with Crippen molar-refractivity contribution >= 4 is 0 Å². The average Bonchev–Trinajstić information content (AvgIpc) is 2.28. The lowest BCUT2D eigenvalue weighted by atomic mass is 9.71. The lowest BCUT2D eigenvalue weighted by Gasteiger charge is -2.39. The fraction of sp³-hybridized carbons (Fsp3) is 0.417. The van der Waals surface area contributed by atoms with E-state index in [-0.39, 0.29) is 5.54 Å². The molecule has 2 rings (SSSR count). The van der Waals surface area contributed by atoms with Crippen LogP contribution in [0.1, 0.15) is 30.4 Å². The summed E-state index contributed by atoms with van der Waals surface area (Å²) in [6, 6.07) is 8.25. The number of hydrogen-bond donors (Lipinski definition) is 2. The van der Waals surface area contributed by atoms with Crippen molar-refractivity contribution in [2.45, 2.75) is 31.3 Å². The molecule has 0 saturated heterocycles. The highest BCUT2D eigenvalue weighted by atomic mass is 14.8. The van der Waals surface area contributed by atoms with Gasteiger partial charge in [0.25, 0.3) is 0 Å². The molecule has 80 valence electrons. The molecule has 1 aliphatic rings. The fourth-order valence-electron chi connectivity index (χ4n) is 2.01. The summed E-state index contributed by atoms with van der Waals surface area (Å²) < 4.78 is 0. The quantitative estimate of drug-likeness (QED) is 0.767. The molecule has 0 aliphatic heterocycles. The highest BCUT2D eigenvalue weighted by Crippen LogP contribution is 2.39. The van der Waals surface area contributed by atoms with Crippen molar-refractivity contribution in [1.82, 2.24) is 0 Å². The van der Waals surface area contributed by atoms with Crippen LogP contribution in [-0.2, 0) is 12.1 Å². The smallest absolute Gasteiger partial charge is 0.0462 e. The van der Waals surface area contributed by atoms with Crippen LogP contribution in [0.4, 0.5) is 0 Å². The first kappa shape index (κ1) is 11.7. The average molecular weight is 203 g/mol. The van der Waals surface area contributed by atoms with E-state index in [1.807, 2.05) is 12.1 Å². The van der Waals surface area contributed by atoms with Crippen molar-refractivity contribution in [2.24, 2.45) is 11.5 Å². The summed E-state index contributed by atoms with van der Waals surface area (Å²) in [5.41, 5.74) is 14.3. The third-order valence-electron chi connectivity index (χ3n) is 3.02. The Morgan fingerprint density at radius 2 is 1.87 bits per heavy atom. The van der Waals surface area contributed by atoms with E-state index in [1.165, 1.54) is 17.5 Å². The third-order valence-corrected chi connectivity index (χ3v) is 3.02. The summed E-state index contributed by atoms with van der Waals surface area (Å²) in [6.07, 6.45) is 3.45. The number of benzene rings is 1. The van der Waals surface area contributed by atoms with Crippen molar-refractivity contribution < 1.29 is 0 Å². The minimum Gasteiger partial charge on any atom is -0.326 e. The van der Waals surface area contributed by atoms with E-state index in [9.17, 15) is 0 Å². The molecule has 0 heterocycles. The molecular weight excluding hydrogens is 186 g/mol. The highest BCUT2D eigenvalue weighted by Gasteiger charge is 2.35. The van der Waals surface area contributed by atoms with Gasteiger partial charge < -0.3 is 11.5 Å². The number of nitrogens with two attached hydrogens (primary N) is 2. The number of hydrogen-bond acceptors (Lipinski definition) is 3. The zero-order valence-corrected chi connectivity index (χ0v) is 8.82. The van der Waals surface area contributed by atoms with Crippen LogP contribution < -0.4 is 11.5 Å². The first-order valence-corrected chi connectivity index (χ1v) is 5.09. The molecule has 0 amide bonds. The van der Waals surface area contributed by atoms with Crippen LogP contribution in [0.3, 0.4) is 0 Å². The number of nitrogens with zero attached hydrogens (tertiary/aromatic N) is 1. The normalized spacial score (nSPS) is 17.1. The van der Waals surface area contributed by atoms with Crippen molar-refractivity contribution in [3.05, 3.63) is 35.4 Å². The fourth-order valence-corrected chi connectivity index (χ4v) is 2.01. The Hall–Kier alpha value is -1.37. The lowest BCUT2D eigenvalue weighted by molar-refractivity contribution is 0.252. The SMILES string of the molecule is C#N.NCc1ccccc1C1(N)CCC1. The molecule has 0 atom stereocenters. The van der Waals surface area contributed by atoms with Gasteiger partial charge in [-0.05, 0) is 30.4 Å². The molecule has 0 bridgehead atoms. The van der Waals surface area contributed by atoms with Crippen LogP contribution in [0.25, 0.3) is 0 Å². The summed E-state index contributed by atoms with van der Waals surface area (Å²) in [4.78, 5) is 0. The minimum absolute atomic E-state index is 0.0734. The molecule has 1 saturated carbocycles. The molecule has 3 heteroatoms. The van der Waals surface area contributed by atoms with E-state index in [0.717, 1.165) is 12.8 Å². The first-order chi connectivity index (χ1) is 7.26. The predicted molar refractivity (Wildman–Crippen MR) is 60.7 cm³/mol. The van der Waals surface area contributed by atoms with E-state index in [0.29, 0.717) is 6.54 Å². The lowest BCUT2D eigenvalue weighted by Crippen LogP contribution is -2.44. The minimum atomic E-state index is -0.0734. The maximum absolute atomic E-state index is 6.50. The molecule has 1 aromatic carbocycles. The molecule has 1 aromatic rings. The topological polar surface area (TPSA) is 75.8 Å². The van der Waals surface area contributed by atoms with Gasteiger partial charge in [-0.25, -0.2) is 5.26 Å². The number of rotatable bonds is 2. The molecule has 15 heavy (non-hydrogen) atoms. The molecule has 4 N–H and O–H groups in total. The van der Waals surface area contributed by atoms with Crippen LogP contribution in [0, 0.1) is 11.8 Å². The maximum Gasteiger partial charge on any atom is 0.0462 e. The monoisotopic (exact) mass is 203 g/mol. The highest BCUT2D eigenvalue weighted by molar-refractivity contribution is 5.34. The third kappa shape index (κ3) is 2.17. The second-order valence-electron chi connectivity index (χ2n) is 3.87. The summed E-state index contributed by atoms with van der Waals surface area (Å²) >= 11 is 0. The van der Waals surface area contributed by atoms with Crippen molar-refractivity contribution in [2.75, 3.05) is 0 Å². The van der Waals surface area contributed by atoms with Gasteiger partial charge in [-0.2, -0.15) is 0 Å². The summed E-state index contributed by atoms with van der Waals surface area (Å²) in [5, 5.41) is 6.50. The molecule has 1 aliphatic carbocycles. The first-order valence-electron chi connectivity index (χ1n) is 5.09. The molecule has 3 nitrogen and oxygen atoms in total. The summed E-state index contributed by atoms with van der Waals surface area (Å²) in [7, 11) is 0. The van der Waals surface area contributed by atoms with Crippen molar-refractivity contribution in [3.8, 4) is 6.57 Å². The Balaban J connectivity index is 0.000000531. The zero-order chi connectivity index (χ0) is 11.3. The molecular formula is C12H17N3. The summed E-state index contributed by atoms with van der Waals surface area (Å²) in [6.45, 7) is 4.09. The van der Waals surface area contributed by atoms with E-state index in [4.69, 9.17) is 16.7 Å². The number of nitriles is 1. The van der Waals surface area contributed by atoms with Gasteiger partial charge >= 0.3 is 0 Å².